The van der Waals surface area contributed by atoms with Crippen LogP contribution < -0.4 is 0 Å². The monoisotopic (exact) mass is 216 g/mol. The van der Waals surface area contributed by atoms with Crippen molar-refractivity contribution in [2.24, 2.45) is 5.92 Å². The van der Waals surface area contributed by atoms with Crippen LogP contribution in [0.1, 0.15) is 38.8 Å². The smallest absolute Gasteiger partial charge is 0.0228 e. The molecular weight excluding hydrogens is 192 g/mol. The Morgan fingerprint density at radius 1 is 1.00 bits per heavy atom. The molecular formula is C16H24. The quantitative estimate of drug-likeness (QED) is 0.592. The number of allylic oxidation sites excluding steroid dienone is 2. The van der Waals surface area contributed by atoms with Gasteiger partial charge in [-0.2, -0.15) is 0 Å². The molecule has 0 N–H and O–H groups in total. The molecule has 16 heavy (non-hydrogen) atoms. The molecule has 0 radical (unpaired) electrons. The molecule has 0 aliphatic rings. The summed E-state index contributed by atoms with van der Waals surface area (Å²) >= 11 is 0. The summed E-state index contributed by atoms with van der Waals surface area (Å²) in [5.41, 5.74) is 5.57. The lowest BCUT2D eigenvalue weighted by Crippen LogP contribution is -1.93. The number of aryl methyl sites for hydroxylation is 1. The van der Waals surface area contributed by atoms with Gasteiger partial charge in [-0.05, 0) is 37.8 Å². The van der Waals surface area contributed by atoms with E-state index >= 15 is 0 Å². The summed E-state index contributed by atoms with van der Waals surface area (Å²) < 4.78 is 0. The number of rotatable bonds is 2. The standard InChI is InChI=1S/C14H20.C2H4/c1-10(2)12(4)13(5)14-8-6-11(3)7-9-14;1-2/h6-10H,1-5H3;1-2H2/b13-12-;. The van der Waals surface area contributed by atoms with Gasteiger partial charge in [-0.3, -0.25) is 0 Å². The molecule has 0 unspecified atom stereocenters. The SMILES string of the molecule is C/C(=C(\C)C(C)C)c1ccc(C)cc1.C=C. The predicted molar refractivity (Wildman–Crippen MR) is 75.5 cm³/mol. The molecule has 0 aromatic heterocycles. The highest BCUT2D eigenvalue weighted by molar-refractivity contribution is 5.66. The van der Waals surface area contributed by atoms with E-state index in [0.29, 0.717) is 5.92 Å². The summed E-state index contributed by atoms with van der Waals surface area (Å²) in [4.78, 5) is 0. The Balaban J connectivity index is 0.00000106. The first-order valence-electron chi connectivity index (χ1n) is 5.76. The number of hydrogen-bond donors (Lipinski definition) is 0. The maximum absolute atomic E-state index is 3.00. The van der Waals surface area contributed by atoms with Crippen LogP contribution >= 0.6 is 0 Å². The van der Waals surface area contributed by atoms with E-state index in [-0.39, 0.29) is 0 Å². The van der Waals surface area contributed by atoms with Gasteiger partial charge in [-0.1, -0.05) is 49.2 Å². The summed E-state index contributed by atoms with van der Waals surface area (Å²) in [6.45, 7) is 17.0. The Labute approximate surface area is 101 Å². The molecule has 1 aromatic rings. The van der Waals surface area contributed by atoms with Gasteiger partial charge in [-0.15, -0.1) is 13.2 Å². The number of benzene rings is 1. The van der Waals surface area contributed by atoms with Gasteiger partial charge in [0.25, 0.3) is 0 Å². The van der Waals surface area contributed by atoms with E-state index in [0.717, 1.165) is 0 Å². The third kappa shape index (κ3) is 4.06. The molecule has 0 fully saturated rings. The van der Waals surface area contributed by atoms with Gasteiger partial charge in [0.15, 0.2) is 0 Å². The van der Waals surface area contributed by atoms with Crippen LogP contribution in [-0.2, 0) is 0 Å². The van der Waals surface area contributed by atoms with Crippen LogP contribution in [-0.4, -0.2) is 0 Å². The van der Waals surface area contributed by atoms with Gasteiger partial charge in [-0.25, -0.2) is 0 Å². The largest absolute Gasteiger partial charge is 0.106 e. The lowest BCUT2D eigenvalue weighted by Gasteiger charge is -2.11. The maximum Gasteiger partial charge on any atom is -0.0228 e. The van der Waals surface area contributed by atoms with Crippen LogP contribution in [0.4, 0.5) is 0 Å². The molecule has 1 aromatic carbocycles. The zero-order valence-corrected chi connectivity index (χ0v) is 11.3. The Morgan fingerprint density at radius 2 is 1.44 bits per heavy atom. The van der Waals surface area contributed by atoms with E-state index in [1.165, 1.54) is 22.3 Å². The normalized spacial score (nSPS) is 11.6. The topological polar surface area (TPSA) is 0 Å². The third-order valence-electron chi connectivity index (χ3n) is 2.94. The minimum atomic E-state index is 0.635. The first-order chi connectivity index (χ1) is 7.52. The zero-order valence-electron chi connectivity index (χ0n) is 11.3. The second-order valence-corrected chi connectivity index (χ2v) is 4.33. The summed E-state index contributed by atoms with van der Waals surface area (Å²) in [7, 11) is 0. The van der Waals surface area contributed by atoms with E-state index in [1.807, 2.05) is 0 Å². The van der Waals surface area contributed by atoms with Crippen LogP contribution in [0.2, 0.25) is 0 Å². The third-order valence-corrected chi connectivity index (χ3v) is 2.94. The van der Waals surface area contributed by atoms with Crippen molar-refractivity contribution in [2.45, 2.75) is 34.6 Å². The molecule has 0 heterocycles. The molecule has 0 amide bonds. The van der Waals surface area contributed by atoms with Gasteiger partial charge < -0.3 is 0 Å². The minimum absolute atomic E-state index is 0.635. The summed E-state index contributed by atoms with van der Waals surface area (Å²) in [5, 5.41) is 0. The van der Waals surface area contributed by atoms with Gasteiger partial charge >= 0.3 is 0 Å². The number of hydrogen-bond acceptors (Lipinski definition) is 0. The second-order valence-electron chi connectivity index (χ2n) is 4.33. The summed E-state index contributed by atoms with van der Waals surface area (Å²) in [6.07, 6.45) is 0. The second kappa shape index (κ2) is 7.05. The fraction of sp³-hybridized carbons (Fsp3) is 0.375. The highest BCUT2D eigenvalue weighted by atomic mass is 14.1. The van der Waals surface area contributed by atoms with E-state index < -0.39 is 0 Å². The molecule has 0 aliphatic carbocycles. The van der Waals surface area contributed by atoms with Crippen LogP contribution in [0.15, 0.2) is 43.0 Å². The van der Waals surface area contributed by atoms with Gasteiger partial charge in [0, 0.05) is 0 Å². The highest BCUT2D eigenvalue weighted by Crippen LogP contribution is 2.23. The Hall–Kier alpha value is -1.30. The molecule has 0 atom stereocenters. The molecule has 0 spiro atoms. The van der Waals surface area contributed by atoms with E-state index in [9.17, 15) is 0 Å². The predicted octanol–water partition coefficient (Wildman–Crippen LogP) is 5.25. The average molecular weight is 216 g/mol. The minimum Gasteiger partial charge on any atom is -0.106 e. The van der Waals surface area contributed by atoms with Crippen molar-refractivity contribution in [2.75, 3.05) is 0 Å². The molecule has 0 saturated heterocycles. The van der Waals surface area contributed by atoms with Crippen molar-refractivity contribution in [3.8, 4) is 0 Å². The van der Waals surface area contributed by atoms with E-state index in [2.05, 4.69) is 72.0 Å². The van der Waals surface area contributed by atoms with Crippen molar-refractivity contribution in [3.05, 3.63) is 54.1 Å². The summed E-state index contributed by atoms with van der Waals surface area (Å²) in [5.74, 6) is 0.635. The molecule has 0 saturated carbocycles. The Kier molecular flexibility index (Phi) is 6.48. The van der Waals surface area contributed by atoms with Gasteiger partial charge in [0.05, 0.1) is 0 Å². The lowest BCUT2D eigenvalue weighted by atomic mass is 9.95. The average Bonchev–Trinajstić information content (AvgIpc) is 2.30. The van der Waals surface area contributed by atoms with Crippen molar-refractivity contribution >= 4 is 5.57 Å². The molecule has 0 bridgehead atoms. The van der Waals surface area contributed by atoms with Crippen molar-refractivity contribution in [3.63, 3.8) is 0 Å². The fourth-order valence-corrected chi connectivity index (χ4v) is 1.46. The molecule has 0 aliphatic heterocycles. The van der Waals surface area contributed by atoms with Crippen molar-refractivity contribution in [1.29, 1.82) is 0 Å². The highest BCUT2D eigenvalue weighted by Gasteiger charge is 2.03. The van der Waals surface area contributed by atoms with Crippen LogP contribution in [0.25, 0.3) is 5.57 Å². The molecule has 1 rings (SSSR count). The first-order valence-corrected chi connectivity index (χ1v) is 5.76. The van der Waals surface area contributed by atoms with Crippen LogP contribution in [0.3, 0.4) is 0 Å². The molecule has 0 heteroatoms. The Morgan fingerprint density at radius 3 is 1.81 bits per heavy atom. The maximum atomic E-state index is 3.00. The fourth-order valence-electron chi connectivity index (χ4n) is 1.46. The summed E-state index contributed by atoms with van der Waals surface area (Å²) in [6, 6.07) is 8.76. The van der Waals surface area contributed by atoms with Crippen LogP contribution in [0.5, 0.6) is 0 Å². The van der Waals surface area contributed by atoms with Crippen molar-refractivity contribution < 1.29 is 0 Å². The first kappa shape index (κ1) is 14.7. The zero-order chi connectivity index (χ0) is 12.7. The lowest BCUT2D eigenvalue weighted by molar-refractivity contribution is 0.771. The Bertz CT molecular complexity index is 339. The van der Waals surface area contributed by atoms with Gasteiger partial charge in [0.1, 0.15) is 0 Å². The van der Waals surface area contributed by atoms with Gasteiger partial charge in [0.2, 0.25) is 0 Å². The molecule has 88 valence electrons. The van der Waals surface area contributed by atoms with Crippen LogP contribution in [0, 0.1) is 12.8 Å². The van der Waals surface area contributed by atoms with Crippen molar-refractivity contribution in [1.82, 2.24) is 0 Å². The molecule has 0 nitrogen and oxygen atoms in total. The van der Waals surface area contributed by atoms with E-state index in [4.69, 9.17) is 0 Å². The van der Waals surface area contributed by atoms with E-state index in [1.54, 1.807) is 0 Å².